The van der Waals surface area contributed by atoms with Gasteiger partial charge in [0, 0.05) is 23.8 Å². The fourth-order valence-electron chi connectivity index (χ4n) is 3.43. The molecule has 0 saturated carbocycles. The van der Waals surface area contributed by atoms with Crippen LogP contribution in [0.4, 0.5) is 0 Å². The van der Waals surface area contributed by atoms with Crippen molar-refractivity contribution in [2.45, 2.75) is 40.2 Å². The Morgan fingerprint density at radius 3 is 2.75 bits per heavy atom. The van der Waals surface area contributed by atoms with Crippen LogP contribution >= 0.6 is 0 Å². The Bertz CT molecular complexity index is 1220. The number of hydrogen-bond acceptors (Lipinski definition) is 5. The van der Waals surface area contributed by atoms with E-state index in [1.165, 1.54) is 0 Å². The SMILES string of the molecule is Cc1cn2cc(-c3cc4ccc(CCNC(C)C)cc4oc3=O)nc2c(C)n1. The highest BCUT2D eigenvalue weighted by molar-refractivity contribution is 5.81. The molecule has 0 unspecified atom stereocenters. The number of nitrogens with one attached hydrogen (secondary N) is 1. The molecule has 0 spiro atoms. The van der Waals surface area contributed by atoms with Crippen LogP contribution in [0.3, 0.4) is 0 Å². The van der Waals surface area contributed by atoms with Gasteiger partial charge in [-0.1, -0.05) is 26.0 Å². The van der Waals surface area contributed by atoms with Gasteiger partial charge in [0.1, 0.15) is 5.58 Å². The van der Waals surface area contributed by atoms with Gasteiger partial charge in [-0.05, 0) is 44.5 Å². The molecule has 4 rings (SSSR count). The van der Waals surface area contributed by atoms with Crippen LogP contribution in [0.5, 0.6) is 0 Å². The Morgan fingerprint density at radius 1 is 1.14 bits per heavy atom. The highest BCUT2D eigenvalue weighted by Crippen LogP contribution is 2.23. The summed E-state index contributed by atoms with van der Waals surface area (Å²) in [7, 11) is 0. The van der Waals surface area contributed by atoms with Crippen molar-refractivity contribution in [3.63, 3.8) is 0 Å². The van der Waals surface area contributed by atoms with Crippen molar-refractivity contribution in [3.8, 4) is 11.3 Å². The molecule has 0 radical (unpaired) electrons. The maximum atomic E-state index is 12.6. The lowest BCUT2D eigenvalue weighted by Gasteiger charge is -2.08. The van der Waals surface area contributed by atoms with Gasteiger partial charge in [0.2, 0.25) is 0 Å². The molecule has 0 atom stereocenters. The predicted molar refractivity (Wildman–Crippen MR) is 111 cm³/mol. The van der Waals surface area contributed by atoms with Gasteiger partial charge in [0.15, 0.2) is 5.65 Å². The number of aromatic nitrogens is 3. The van der Waals surface area contributed by atoms with Gasteiger partial charge in [-0.25, -0.2) is 9.78 Å². The highest BCUT2D eigenvalue weighted by atomic mass is 16.4. The van der Waals surface area contributed by atoms with Crippen LogP contribution in [0.25, 0.3) is 27.9 Å². The molecule has 0 bridgehead atoms. The number of rotatable bonds is 5. The zero-order chi connectivity index (χ0) is 19.8. The van der Waals surface area contributed by atoms with Gasteiger partial charge >= 0.3 is 5.63 Å². The first-order chi connectivity index (χ1) is 13.4. The second kappa shape index (κ2) is 7.20. The molecule has 28 heavy (non-hydrogen) atoms. The molecule has 3 heterocycles. The summed E-state index contributed by atoms with van der Waals surface area (Å²) >= 11 is 0. The number of nitrogens with zero attached hydrogens (tertiary/aromatic N) is 3. The molecule has 0 aliphatic carbocycles. The quantitative estimate of drug-likeness (QED) is 0.538. The first kappa shape index (κ1) is 18.4. The lowest BCUT2D eigenvalue weighted by molar-refractivity contribution is 0.561. The second-order valence-electron chi connectivity index (χ2n) is 7.50. The minimum Gasteiger partial charge on any atom is -0.422 e. The number of benzene rings is 1. The Morgan fingerprint density at radius 2 is 1.96 bits per heavy atom. The molecule has 0 amide bonds. The predicted octanol–water partition coefficient (Wildman–Crippen LogP) is 3.66. The van der Waals surface area contributed by atoms with Crippen LogP contribution in [-0.2, 0) is 6.42 Å². The molecule has 4 aromatic rings. The fourth-order valence-corrected chi connectivity index (χ4v) is 3.43. The van der Waals surface area contributed by atoms with Crippen molar-refractivity contribution in [1.29, 1.82) is 0 Å². The minimum absolute atomic E-state index is 0.379. The average Bonchev–Trinajstić information content (AvgIpc) is 3.04. The minimum atomic E-state index is -0.379. The lowest BCUT2D eigenvalue weighted by atomic mass is 10.1. The van der Waals surface area contributed by atoms with E-state index in [1.807, 2.05) is 48.8 Å². The summed E-state index contributed by atoms with van der Waals surface area (Å²) in [6.45, 7) is 8.99. The van der Waals surface area contributed by atoms with E-state index >= 15 is 0 Å². The number of hydrogen-bond donors (Lipinski definition) is 1. The van der Waals surface area contributed by atoms with Gasteiger partial charge in [0.25, 0.3) is 0 Å². The van der Waals surface area contributed by atoms with E-state index in [4.69, 9.17) is 4.42 Å². The Hall–Kier alpha value is -2.99. The van der Waals surface area contributed by atoms with Crippen molar-refractivity contribution >= 4 is 16.6 Å². The summed E-state index contributed by atoms with van der Waals surface area (Å²) in [5, 5.41) is 4.28. The standard InChI is InChI=1S/C22H24N4O2/c1-13(2)23-8-7-16-5-6-17-10-18(22(27)28-20(17)9-16)19-12-26-11-14(3)24-15(4)21(26)25-19/h5-6,9-13,23H,7-8H2,1-4H3. The lowest BCUT2D eigenvalue weighted by Crippen LogP contribution is -2.24. The molecule has 3 aromatic heterocycles. The highest BCUT2D eigenvalue weighted by Gasteiger charge is 2.13. The molecule has 0 aliphatic rings. The second-order valence-corrected chi connectivity index (χ2v) is 7.50. The summed E-state index contributed by atoms with van der Waals surface area (Å²) in [5.41, 5.74) is 4.90. The zero-order valence-electron chi connectivity index (χ0n) is 16.6. The van der Waals surface area contributed by atoms with Crippen molar-refractivity contribution in [2.75, 3.05) is 6.54 Å². The molecule has 0 saturated heterocycles. The van der Waals surface area contributed by atoms with Gasteiger partial charge in [-0.2, -0.15) is 0 Å². The third-order valence-corrected chi connectivity index (χ3v) is 4.77. The molecule has 1 aromatic carbocycles. The smallest absolute Gasteiger partial charge is 0.345 e. The van der Waals surface area contributed by atoms with Gasteiger partial charge in [0.05, 0.1) is 22.6 Å². The first-order valence-electron chi connectivity index (χ1n) is 9.54. The summed E-state index contributed by atoms with van der Waals surface area (Å²) in [6, 6.07) is 8.33. The van der Waals surface area contributed by atoms with Crippen LogP contribution in [0.1, 0.15) is 30.8 Å². The number of fused-ring (bicyclic) bond motifs is 2. The molecule has 6 heteroatoms. The monoisotopic (exact) mass is 376 g/mol. The van der Waals surface area contributed by atoms with E-state index in [0.717, 1.165) is 41.0 Å². The number of aryl methyl sites for hydroxylation is 2. The summed E-state index contributed by atoms with van der Waals surface area (Å²) in [4.78, 5) is 21.7. The van der Waals surface area contributed by atoms with Crippen LogP contribution < -0.4 is 10.9 Å². The normalized spacial score (nSPS) is 11.8. The van der Waals surface area contributed by atoms with E-state index in [0.29, 0.717) is 22.9 Å². The fraction of sp³-hybridized carbons (Fsp3) is 0.318. The maximum absolute atomic E-state index is 12.6. The topological polar surface area (TPSA) is 72.4 Å². The van der Waals surface area contributed by atoms with Crippen LogP contribution in [0, 0.1) is 13.8 Å². The summed E-state index contributed by atoms with van der Waals surface area (Å²) < 4.78 is 7.53. The largest absolute Gasteiger partial charge is 0.422 e. The van der Waals surface area contributed by atoms with E-state index < -0.39 is 0 Å². The average molecular weight is 376 g/mol. The first-order valence-corrected chi connectivity index (χ1v) is 9.54. The van der Waals surface area contributed by atoms with E-state index in [-0.39, 0.29) is 5.63 Å². The molecule has 1 N–H and O–H groups in total. The molecular formula is C22H24N4O2. The Labute approximate surface area is 163 Å². The zero-order valence-corrected chi connectivity index (χ0v) is 16.6. The van der Waals surface area contributed by atoms with Crippen LogP contribution in [0.2, 0.25) is 0 Å². The van der Waals surface area contributed by atoms with E-state index in [9.17, 15) is 4.79 Å². The molecular weight excluding hydrogens is 352 g/mol. The van der Waals surface area contributed by atoms with Crippen molar-refractivity contribution in [3.05, 3.63) is 64.0 Å². The Kier molecular flexibility index (Phi) is 4.73. The maximum Gasteiger partial charge on any atom is 0.345 e. The molecule has 6 nitrogen and oxygen atoms in total. The Balaban J connectivity index is 1.72. The molecule has 0 fully saturated rings. The summed E-state index contributed by atoms with van der Waals surface area (Å²) in [5.74, 6) is 0. The molecule has 144 valence electrons. The van der Waals surface area contributed by atoms with E-state index in [1.54, 1.807) is 0 Å². The molecule has 0 aliphatic heterocycles. The van der Waals surface area contributed by atoms with E-state index in [2.05, 4.69) is 35.2 Å². The van der Waals surface area contributed by atoms with Crippen molar-refractivity contribution in [1.82, 2.24) is 19.7 Å². The van der Waals surface area contributed by atoms with Gasteiger partial charge in [-0.15, -0.1) is 0 Å². The van der Waals surface area contributed by atoms with Crippen molar-refractivity contribution in [2.24, 2.45) is 0 Å². The number of imidazole rings is 1. The van der Waals surface area contributed by atoms with Crippen LogP contribution in [0.15, 0.2) is 45.9 Å². The van der Waals surface area contributed by atoms with Crippen molar-refractivity contribution < 1.29 is 4.42 Å². The van der Waals surface area contributed by atoms with Gasteiger partial charge in [-0.3, -0.25) is 4.98 Å². The van der Waals surface area contributed by atoms with Crippen LogP contribution in [-0.4, -0.2) is 27.0 Å². The van der Waals surface area contributed by atoms with Gasteiger partial charge < -0.3 is 14.1 Å². The summed E-state index contributed by atoms with van der Waals surface area (Å²) in [6.07, 6.45) is 4.64. The third-order valence-electron chi connectivity index (χ3n) is 4.77. The third kappa shape index (κ3) is 3.55.